The quantitative estimate of drug-likeness (QED) is 0.905. The number of halogens is 2. The van der Waals surface area contributed by atoms with Gasteiger partial charge in [-0.3, -0.25) is 0 Å². The van der Waals surface area contributed by atoms with E-state index in [-0.39, 0.29) is 0 Å². The largest absolute Gasteiger partial charge is 0.444 e. The summed E-state index contributed by atoms with van der Waals surface area (Å²) in [5.41, 5.74) is 1.33. The van der Waals surface area contributed by atoms with Gasteiger partial charge in [-0.2, -0.15) is 0 Å². The number of benzene rings is 2. The summed E-state index contributed by atoms with van der Waals surface area (Å²) in [5, 5.41) is 2.64. The molecule has 0 aliphatic carbocycles. The molecule has 2 aliphatic rings. The van der Waals surface area contributed by atoms with Gasteiger partial charge in [0.2, 0.25) is 0 Å². The average Bonchev–Trinajstić information content (AvgIpc) is 2.92. The Bertz CT molecular complexity index is 780. The maximum absolute atomic E-state index is 14.4. The summed E-state index contributed by atoms with van der Waals surface area (Å²) in [4.78, 5) is 2.28. The van der Waals surface area contributed by atoms with Gasteiger partial charge in [-0.05, 0) is 30.3 Å². The second-order valence-electron chi connectivity index (χ2n) is 6.23. The minimum atomic E-state index is -1.20. The van der Waals surface area contributed by atoms with Gasteiger partial charge in [-0.15, -0.1) is 0 Å². The minimum absolute atomic E-state index is 0.334. The molecule has 2 aromatic carbocycles. The second-order valence-corrected chi connectivity index (χ2v) is 6.67. The minimum Gasteiger partial charge on any atom is -0.444 e. The molecule has 24 heavy (non-hydrogen) atoms. The van der Waals surface area contributed by atoms with E-state index >= 15 is 0 Å². The Morgan fingerprint density at radius 1 is 1.17 bits per heavy atom. The number of hydrogen-bond donors (Lipinski definition) is 1. The van der Waals surface area contributed by atoms with E-state index in [1.54, 1.807) is 19.1 Å². The van der Waals surface area contributed by atoms with Gasteiger partial charge >= 0.3 is 0 Å². The van der Waals surface area contributed by atoms with Crippen molar-refractivity contribution in [2.24, 2.45) is 0 Å². The number of quaternary nitrogens is 1. The molecule has 1 fully saturated rings. The summed E-state index contributed by atoms with van der Waals surface area (Å²) in [6.45, 7) is 5.73. The third-order valence-corrected chi connectivity index (χ3v) is 4.76. The third kappa shape index (κ3) is 2.58. The van der Waals surface area contributed by atoms with Crippen LogP contribution in [0.4, 0.5) is 10.1 Å². The van der Waals surface area contributed by atoms with Crippen LogP contribution in [0.1, 0.15) is 12.5 Å². The van der Waals surface area contributed by atoms with E-state index in [9.17, 15) is 4.39 Å². The lowest BCUT2D eigenvalue weighted by molar-refractivity contribution is -0.655. The summed E-state index contributed by atoms with van der Waals surface area (Å²) < 4.78 is 26.5. The maximum atomic E-state index is 14.4. The van der Waals surface area contributed by atoms with Gasteiger partial charge in [0.05, 0.1) is 37.4 Å². The highest BCUT2D eigenvalue weighted by atomic mass is 35.5. The highest BCUT2D eigenvalue weighted by Crippen LogP contribution is 2.49. The molecular formula is C18H19ClFN2O2+. The van der Waals surface area contributed by atoms with Crippen LogP contribution in [0.15, 0.2) is 36.4 Å². The van der Waals surface area contributed by atoms with Crippen molar-refractivity contribution in [1.82, 2.24) is 0 Å². The molecule has 2 heterocycles. The number of piperazine rings is 1. The molecule has 1 saturated heterocycles. The molecule has 1 unspecified atom stereocenters. The van der Waals surface area contributed by atoms with Crippen LogP contribution in [0.5, 0.6) is 11.5 Å². The molecular weight excluding hydrogens is 331 g/mol. The second kappa shape index (κ2) is 5.83. The maximum Gasteiger partial charge on any atom is 0.278 e. The Kier molecular flexibility index (Phi) is 3.77. The number of ether oxygens (including phenoxy) is 2. The first-order valence-corrected chi connectivity index (χ1v) is 8.48. The van der Waals surface area contributed by atoms with Crippen LogP contribution >= 0.6 is 11.6 Å². The lowest BCUT2D eigenvalue weighted by Gasteiger charge is -2.29. The molecule has 2 N–H and O–H groups in total. The third-order valence-electron chi connectivity index (χ3n) is 4.53. The standard InChI is InChI=1S/C18H18ClFN2O2/c1-18(13-6-5-12(19)11-14(13)20)23-16-4-2-3-15(17(16)24-18)22-9-7-21-8-10-22/h2-6,11,21H,7-10H2,1H3/p+1. The van der Waals surface area contributed by atoms with E-state index < -0.39 is 11.6 Å². The predicted molar refractivity (Wildman–Crippen MR) is 90.3 cm³/mol. The van der Waals surface area contributed by atoms with Crippen LogP contribution in [0, 0.1) is 5.82 Å². The van der Waals surface area contributed by atoms with E-state index in [0.717, 1.165) is 31.9 Å². The van der Waals surface area contributed by atoms with Crippen molar-refractivity contribution in [3.8, 4) is 11.5 Å². The van der Waals surface area contributed by atoms with Crippen LogP contribution in [-0.2, 0) is 5.79 Å². The molecule has 0 bridgehead atoms. The molecule has 4 nitrogen and oxygen atoms in total. The molecule has 0 aromatic heterocycles. The monoisotopic (exact) mass is 349 g/mol. The van der Waals surface area contributed by atoms with Crippen molar-refractivity contribution < 1.29 is 19.2 Å². The molecule has 2 aromatic rings. The molecule has 0 saturated carbocycles. The molecule has 6 heteroatoms. The lowest BCUT2D eigenvalue weighted by atomic mass is 10.1. The van der Waals surface area contributed by atoms with E-state index in [4.69, 9.17) is 21.1 Å². The average molecular weight is 350 g/mol. The van der Waals surface area contributed by atoms with E-state index in [2.05, 4.69) is 10.2 Å². The zero-order chi connectivity index (χ0) is 16.7. The first-order valence-electron chi connectivity index (χ1n) is 8.10. The van der Waals surface area contributed by atoms with Gasteiger partial charge in [-0.25, -0.2) is 4.39 Å². The summed E-state index contributed by atoms with van der Waals surface area (Å²) in [7, 11) is 0. The Balaban J connectivity index is 1.70. The summed E-state index contributed by atoms with van der Waals surface area (Å²) in [6, 6.07) is 10.4. The van der Waals surface area contributed by atoms with Crippen LogP contribution < -0.4 is 19.7 Å². The fourth-order valence-corrected chi connectivity index (χ4v) is 3.48. The van der Waals surface area contributed by atoms with Crippen molar-refractivity contribution in [3.05, 3.63) is 52.8 Å². The van der Waals surface area contributed by atoms with Gasteiger partial charge in [0.1, 0.15) is 5.82 Å². The fraction of sp³-hybridized carbons (Fsp3) is 0.333. The van der Waals surface area contributed by atoms with Crippen molar-refractivity contribution in [1.29, 1.82) is 0 Å². The molecule has 2 aliphatic heterocycles. The molecule has 1 atom stereocenters. The number of fused-ring (bicyclic) bond motifs is 1. The first-order chi connectivity index (χ1) is 11.6. The highest BCUT2D eigenvalue weighted by Gasteiger charge is 2.42. The summed E-state index contributed by atoms with van der Waals surface area (Å²) in [5.74, 6) is -0.322. The number of hydrogen-bond acceptors (Lipinski definition) is 3. The van der Waals surface area contributed by atoms with Crippen LogP contribution in [0.2, 0.25) is 5.02 Å². The zero-order valence-electron chi connectivity index (χ0n) is 13.4. The first kappa shape index (κ1) is 15.5. The van der Waals surface area contributed by atoms with Gasteiger partial charge in [-0.1, -0.05) is 17.7 Å². The van der Waals surface area contributed by atoms with Crippen molar-refractivity contribution in [3.63, 3.8) is 0 Å². The van der Waals surface area contributed by atoms with Crippen LogP contribution in [0.25, 0.3) is 0 Å². The van der Waals surface area contributed by atoms with Gasteiger partial charge < -0.3 is 19.7 Å². The van der Waals surface area contributed by atoms with Crippen LogP contribution in [-0.4, -0.2) is 26.2 Å². The van der Waals surface area contributed by atoms with Gasteiger partial charge in [0, 0.05) is 11.9 Å². The molecule has 4 rings (SSSR count). The van der Waals surface area contributed by atoms with E-state index in [0.29, 0.717) is 22.1 Å². The molecule has 126 valence electrons. The van der Waals surface area contributed by atoms with Crippen molar-refractivity contribution >= 4 is 17.3 Å². The van der Waals surface area contributed by atoms with E-state index in [1.807, 2.05) is 18.2 Å². The number of nitrogens with zero attached hydrogens (tertiary/aromatic N) is 1. The summed E-state index contributed by atoms with van der Waals surface area (Å²) >= 11 is 5.85. The predicted octanol–water partition coefficient (Wildman–Crippen LogP) is 2.51. The Morgan fingerprint density at radius 3 is 2.71 bits per heavy atom. The van der Waals surface area contributed by atoms with Crippen molar-refractivity contribution in [2.45, 2.75) is 12.7 Å². The van der Waals surface area contributed by atoms with Gasteiger partial charge in [0.25, 0.3) is 5.79 Å². The zero-order valence-corrected chi connectivity index (χ0v) is 14.1. The Labute approximate surface area is 145 Å². The van der Waals surface area contributed by atoms with Gasteiger partial charge in [0.15, 0.2) is 11.5 Å². The lowest BCUT2D eigenvalue weighted by Crippen LogP contribution is -2.89. The molecule has 0 amide bonds. The fourth-order valence-electron chi connectivity index (χ4n) is 3.32. The topological polar surface area (TPSA) is 38.3 Å². The Hall–Kier alpha value is -1.98. The Morgan fingerprint density at radius 2 is 1.96 bits per heavy atom. The normalized spacial score (nSPS) is 22.7. The summed E-state index contributed by atoms with van der Waals surface area (Å²) in [6.07, 6.45) is 0. The van der Waals surface area contributed by atoms with E-state index in [1.165, 1.54) is 6.07 Å². The van der Waals surface area contributed by atoms with Crippen LogP contribution in [0.3, 0.4) is 0 Å². The molecule has 0 radical (unpaired) electrons. The SMILES string of the molecule is CC1(c2ccc(Cl)cc2F)Oc2cccc(N3CC[NH2+]CC3)c2O1. The number of para-hydroxylation sites is 1. The van der Waals surface area contributed by atoms with Crippen molar-refractivity contribution in [2.75, 3.05) is 31.1 Å². The number of anilines is 1. The highest BCUT2D eigenvalue weighted by molar-refractivity contribution is 6.30. The smallest absolute Gasteiger partial charge is 0.278 e. The molecule has 0 spiro atoms. The number of rotatable bonds is 2. The number of nitrogens with two attached hydrogens (primary N) is 1.